The van der Waals surface area contributed by atoms with Crippen molar-refractivity contribution in [1.29, 1.82) is 0 Å². The van der Waals surface area contributed by atoms with Crippen LogP contribution in [0.25, 0.3) is 10.6 Å². The highest BCUT2D eigenvalue weighted by Gasteiger charge is 2.11. The molecule has 1 amide bonds. The maximum absolute atomic E-state index is 12.1. The van der Waals surface area contributed by atoms with E-state index in [-0.39, 0.29) is 5.91 Å². The van der Waals surface area contributed by atoms with Crippen LogP contribution in [0.1, 0.15) is 28.4 Å². The predicted octanol–water partition coefficient (Wildman–Crippen LogP) is 2.34. The van der Waals surface area contributed by atoms with Gasteiger partial charge in [0.1, 0.15) is 0 Å². The lowest BCUT2D eigenvalue weighted by Gasteiger charge is -2.04. The fourth-order valence-electron chi connectivity index (χ4n) is 2.21. The molecule has 0 spiro atoms. The number of H-pyrrole nitrogens is 1. The zero-order valence-corrected chi connectivity index (χ0v) is 14.2. The van der Waals surface area contributed by atoms with Crippen molar-refractivity contribution in [2.24, 2.45) is 0 Å². The standard InChI is InChI=1S/C16H19N5O2S/c1-11-8-12(23-21-11)10-17-5-3-6-18-16(22)14-9-13(19-20-14)15-4-2-7-24-15/h2,4,7-9,17H,3,5-6,10H2,1H3,(H,18,22)(H,19,20). The summed E-state index contributed by atoms with van der Waals surface area (Å²) >= 11 is 1.60. The molecule has 8 heteroatoms. The highest BCUT2D eigenvalue weighted by Crippen LogP contribution is 2.22. The Bertz CT molecular complexity index is 778. The van der Waals surface area contributed by atoms with Gasteiger partial charge in [-0.15, -0.1) is 11.3 Å². The third-order valence-electron chi connectivity index (χ3n) is 3.39. The van der Waals surface area contributed by atoms with Crippen molar-refractivity contribution < 1.29 is 9.32 Å². The lowest BCUT2D eigenvalue weighted by atomic mass is 10.3. The molecule has 126 valence electrons. The van der Waals surface area contributed by atoms with Gasteiger partial charge in [0.15, 0.2) is 11.5 Å². The van der Waals surface area contributed by atoms with E-state index in [1.807, 2.05) is 30.5 Å². The number of hydrogen-bond donors (Lipinski definition) is 3. The minimum atomic E-state index is -0.167. The number of aromatic amines is 1. The third kappa shape index (κ3) is 4.30. The largest absolute Gasteiger partial charge is 0.360 e. The molecule has 3 heterocycles. The number of aromatic nitrogens is 3. The predicted molar refractivity (Wildman–Crippen MR) is 91.8 cm³/mol. The monoisotopic (exact) mass is 345 g/mol. The van der Waals surface area contributed by atoms with Crippen LogP contribution >= 0.6 is 11.3 Å². The summed E-state index contributed by atoms with van der Waals surface area (Å²) in [6.07, 6.45) is 0.820. The van der Waals surface area contributed by atoms with Crippen LogP contribution in [0.3, 0.4) is 0 Å². The number of nitrogens with one attached hydrogen (secondary N) is 3. The van der Waals surface area contributed by atoms with Crippen molar-refractivity contribution in [3.63, 3.8) is 0 Å². The molecule has 0 bridgehead atoms. The summed E-state index contributed by atoms with van der Waals surface area (Å²) in [4.78, 5) is 13.1. The van der Waals surface area contributed by atoms with Crippen LogP contribution in [0.4, 0.5) is 0 Å². The summed E-state index contributed by atoms with van der Waals surface area (Å²) in [5, 5.41) is 18.9. The van der Waals surface area contributed by atoms with Crippen molar-refractivity contribution in [3.05, 3.63) is 46.8 Å². The second kappa shape index (κ2) is 7.89. The summed E-state index contributed by atoms with van der Waals surface area (Å²) in [7, 11) is 0. The summed E-state index contributed by atoms with van der Waals surface area (Å²) < 4.78 is 5.11. The van der Waals surface area contributed by atoms with Crippen LogP contribution in [-0.2, 0) is 6.54 Å². The second-order valence-electron chi connectivity index (χ2n) is 5.36. The molecule has 24 heavy (non-hydrogen) atoms. The van der Waals surface area contributed by atoms with Gasteiger partial charge in [0.05, 0.1) is 22.8 Å². The first-order valence-electron chi connectivity index (χ1n) is 7.73. The second-order valence-corrected chi connectivity index (χ2v) is 6.31. The molecule has 0 aliphatic rings. The normalized spacial score (nSPS) is 10.9. The number of rotatable bonds is 8. The third-order valence-corrected chi connectivity index (χ3v) is 4.29. The van der Waals surface area contributed by atoms with Crippen molar-refractivity contribution in [2.75, 3.05) is 13.1 Å². The minimum absolute atomic E-state index is 0.167. The lowest BCUT2D eigenvalue weighted by Crippen LogP contribution is -2.27. The first-order valence-corrected chi connectivity index (χ1v) is 8.61. The fourth-order valence-corrected chi connectivity index (χ4v) is 2.91. The van der Waals surface area contributed by atoms with E-state index in [4.69, 9.17) is 4.52 Å². The Morgan fingerprint density at radius 2 is 2.29 bits per heavy atom. The molecule has 0 aliphatic carbocycles. The quantitative estimate of drug-likeness (QED) is 0.545. The summed E-state index contributed by atoms with van der Waals surface area (Å²) in [5.41, 5.74) is 2.14. The van der Waals surface area contributed by atoms with Crippen molar-refractivity contribution in [2.45, 2.75) is 19.9 Å². The average Bonchev–Trinajstić information content (AvgIpc) is 3.30. The van der Waals surface area contributed by atoms with Gasteiger partial charge < -0.3 is 15.2 Å². The van der Waals surface area contributed by atoms with Crippen LogP contribution in [0, 0.1) is 6.92 Å². The first kappa shape index (κ1) is 16.4. The lowest BCUT2D eigenvalue weighted by molar-refractivity contribution is 0.0948. The van der Waals surface area contributed by atoms with Gasteiger partial charge in [0, 0.05) is 12.6 Å². The zero-order valence-electron chi connectivity index (χ0n) is 13.3. The molecule has 0 saturated carbocycles. The Balaban J connectivity index is 1.35. The van der Waals surface area contributed by atoms with Gasteiger partial charge in [0.2, 0.25) is 0 Å². The zero-order chi connectivity index (χ0) is 16.8. The number of carbonyl (C=O) groups is 1. The Morgan fingerprint density at radius 3 is 3.04 bits per heavy atom. The van der Waals surface area contributed by atoms with Gasteiger partial charge in [-0.3, -0.25) is 9.89 Å². The highest BCUT2D eigenvalue weighted by atomic mass is 32.1. The van der Waals surface area contributed by atoms with E-state index in [0.717, 1.165) is 35.0 Å². The van der Waals surface area contributed by atoms with Gasteiger partial charge in [-0.25, -0.2) is 0 Å². The fraction of sp³-hybridized carbons (Fsp3) is 0.312. The molecule has 0 fully saturated rings. The van der Waals surface area contributed by atoms with Gasteiger partial charge in [-0.2, -0.15) is 5.10 Å². The van der Waals surface area contributed by atoms with Crippen LogP contribution in [0.15, 0.2) is 34.2 Å². The minimum Gasteiger partial charge on any atom is -0.360 e. The van der Waals surface area contributed by atoms with E-state index in [0.29, 0.717) is 18.8 Å². The number of carbonyl (C=O) groups excluding carboxylic acids is 1. The van der Waals surface area contributed by atoms with Gasteiger partial charge in [0.25, 0.3) is 5.91 Å². The van der Waals surface area contributed by atoms with E-state index in [1.54, 1.807) is 17.4 Å². The Labute approximate surface area is 143 Å². The van der Waals surface area contributed by atoms with E-state index in [2.05, 4.69) is 26.0 Å². The SMILES string of the molecule is Cc1cc(CNCCCNC(=O)c2cc(-c3cccs3)[nH]n2)on1. The molecule has 0 unspecified atom stereocenters. The van der Waals surface area contributed by atoms with Gasteiger partial charge in [-0.1, -0.05) is 11.2 Å². The smallest absolute Gasteiger partial charge is 0.271 e. The maximum Gasteiger partial charge on any atom is 0.271 e. The average molecular weight is 345 g/mol. The van der Waals surface area contributed by atoms with Gasteiger partial charge >= 0.3 is 0 Å². The summed E-state index contributed by atoms with van der Waals surface area (Å²) in [6, 6.07) is 7.62. The molecule has 3 aromatic heterocycles. The van der Waals surface area contributed by atoms with Crippen LogP contribution in [0.2, 0.25) is 0 Å². The molecule has 0 aromatic carbocycles. The van der Waals surface area contributed by atoms with Crippen molar-refractivity contribution in [3.8, 4) is 10.6 Å². The molecule has 0 atom stereocenters. The van der Waals surface area contributed by atoms with E-state index in [9.17, 15) is 4.79 Å². The number of amides is 1. The molecule has 7 nitrogen and oxygen atoms in total. The molecule has 3 N–H and O–H groups in total. The number of nitrogens with zero attached hydrogens (tertiary/aromatic N) is 2. The van der Waals surface area contributed by atoms with Crippen LogP contribution < -0.4 is 10.6 Å². The highest BCUT2D eigenvalue weighted by molar-refractivity contribution is 7.13. The molecular weight excluding hydrogens is 326 g/mol. The summed E-state index contributed by atoms with van der Waals surface area (Å²) in [6.45, 7) is 3.89. The van der Waals surface area contributed by atoms with E-state index < -0.39 is 0 Å². The van der Waals surface area contributed by atoms with Crippen LogP contribution in [0.5, 0.6) is 0 Å². The van der Waals surface area contributed by atoms with Crippen LogP contribution in [-0.4, -0.2) is 34.4 Å². The number of aryl methyl sites for hydroxylation is 1. The van der Waals surface area contributed by atoms with E-state index in [1.165, 1.54) is 0 Å². The van der Waals surface area contributed by atoms with Crippen molar-refractivity contribution in [1.82, 2.24) is 26.0 Å². The van der Waals surface area contributed by atoms with Gasteiger partial charge in [-0.05, 0) is 37.4 Å². The Hall–Kier alpha value is -2.45. The topological polar surface area (TPSA) is 95.8 Å². The van der Waals surface area contributed by atoms with E-state index >= 15 is 0 Å². The summed E-state index contributed by atoms with van der Waals surface area (Å²) in [5.74, 6) is 0.647. The molecular formula is C16H19N5O2S. The molecule has 3 rings (SSSR count). The number of hydrogen-bond acceptors (Lipinski definition) is 6. The molecule has 0 radical (unpaired) electrons. The first-order chi connectivity index (χ1) is 11.7. The molecule has 0 aliphatic heterocycles. The Morgan fingerprint density at radius 1 is 1.38 bits per heavy atom. The Kier molecular flexibility index (Phi) is 5.39. The maximum atomic E-state index is 12.1. The van der Waals surface area contributed by atoms with Crippen molar-refractivity contribution >= 4 is 17.2 Å². The number of thiophene rings is 1. The molecule has 3 aromatic rings. The molecule has 0 saturated heterocycles.